The molecule has 3 fully saturated rings. The van der Waals surface area contributed by atoms with Crippen LogP contribution in [0.15, 0.2) is 0 Å². The van der Waals surface area contributed by atoms with Crippen molar-refractivity contribution < 1.29 is 80.2 Å². The van der Waals surface area contributed by atoms with Crippen molar-refractivity contribution in [1.82, 2.24) is 0 Å². The van der Waals surface area contributed by atoms with Crippen molar-refractivity contribution in [3.63, 3.8) is 0 Å². The van der Waals surface area contributed by atoms with Gasteiger partial charge in [0.2, 0.25) is 0 Å². The predicted octanol–water partition coefficient (Wildman–Crippen LogP) is -8.18. The van der Waals surface area contributed by atoms with Crippen molar-refractivity contribution in [2.45, 2.75) is 91.4 Å². The molecule has 3 aliphatic heterocycles. The maximum absolute atomic E-state index is 11.5. The fourth-order valence-corrected chi connectivity index (χ4v) is 4.34. The molecule has 3 heterocycles. The summed E-state index contributed by atoms with van der Waals surface area (Å²) in [4.78, 5) is 0. The molecule has 0 spiro atoms. The normalized spacial score (nSPS) is 54.7. The molecule has 0 amide bonds. The Hall–Kier alpha value is -0.640. The summed E-state index contributed by atoms with van der Waals surface area (Å²) in [7, 11) is 0. The molecule has 0 aromatic carbocycles. The predicted molar refractivity (Wildman–Crippen MR) is 101 cm³/mol. The molecule has 16 nitrogen and oxygen atoms in total. The maximum atomic E-state index is 11.5. The summed E-state index contributed by atoms with van der Waals surface area (Å²) in [5.74, 6) is 0. The van der Waals surface area contributed by atoms with Crippen LogP contribution in [0.3, 0.4) is 0 Å². The highest BCUT2D eigenvalue weighted by Gasteiger charge is 2.65. The second kappa shape index (κ2) is 10.8. The minimum Gasteiger partial charge on any atom is -0.394 e. The molecule has 200 valence electrons. The Morgan fingerprint density at radius 2 is 1.03 bits per heavy atom. The third-order valence-electron chi connectivity index (χ3n) is 6.49. The number of ether oxygens (including phenoxy) is 4. The maximum Gasteiger partial charge on any atom is 0.195 e. The molecule has 12 N–H and O–H groups in total. The van der Waals surface area contributed by atoms with Gasteiger partial charge in [-0.2, -0.15) is 0 Å². The van der Waals surface area contributed by atoms with E-state index in [1.54, 1.807) is 0 Å². The summed E-state index contributed by atoms with van der Waals surface area (Å²) < 4.78 is 21.2. The Morgan fingerprint density at radius 1 is 0.559 bits per heavy atom. The van der Waals surface area contributed by atoms with Crippen molar-refractivity contribution in [2.75, 3.05) is 19.8 Å². The zero-order valence-electron chi connectivity index (χ0n) is 17.7. The van der Waals surface area contributed by atoms with Crippen molar-refractivity contribution in [1.29, 1.82) is 0 Å². The largest absolute Gasteiger partial charge is 0.394 e. The average Bonchev–Trinajstić information content (AvgIpc) is 2.83. The van der Waals surface area contributed by atoms with Gasteiger partial charge < -0.3 is 80.2 Å². The Balaban J connectivity index is 1.97. The third-order valence-corrected chi connectivity index (χ3v) is 6.49. The number of aliphatic hydroxyl groups excluding tert-OH is 11. The smallest absolute Gasteiger partial charge is 0.195 e. The molecule has 0 aliphatic carbocycles. The molecule has 15 atom stereocenters. The molecular weight excluding hydrogens is 472 g/mol. The van der Waals surface area contributed by atoms with Crippen LogP contribution in [-0.4, -0.2) is 173 Å². The molecule has 0 aromatic rings. The molecule has 0 unspecified atom stereocenters. The van der Waals surface area contributed by atoms with Crippen LogP contribution in [0.1, 0.15) is 0 Å². The van der Waals surface area contributed by atoms with E-state index in [4.69, 9.17) is 18.9 Å². The van der Waals surface area contributed by atoms with Crippen LogP contribution < -0.4 is 0 Å². The van der Waals surface area contributed by atoms with E-state index in [1.165, 1.54) is 0 Å². The van der Waals surface area contributed by atoms with E-state index in [1.807, 2.05) is 0 Å². The fraction of sp³-hybridized carbons (Fsp3) is 1.00. The first-order valence-corrected chi connectivity index (χ1v) is 10.5. The standard InChI is InChI=1S/C18H32O16/c19-1-4-7(22)10(25)12(27)15(31-4)18(30)14(29)9(24)6(3-21)33-17(18)34-16-13(28)11(26)8(23)5(2-20)32-16/h4-17,19-30H,1-3H2/t4-,5-,6-,7-,8-,9-,10+,11+,12+,13+,14+,15-,16+,17-,18-/m1/s1. The zero-order valence-corrected chi connectivity index (χ0v) is 17.7. The van der Waals surface area contributed by atoms with Gasteiger partial charge in [0, 0.05) is 0 Å². The number of aliphatic hydroxyl groups is 12. The Kier molecular flexibility index (Phi) is 8.85. The number of rotatable bonds is 6. The summed E-state index contributed by atoms with van der Waals surface area (Å²) in [6.07, 6.45) is -26.7. The van der Waals surface area contributed by atoms with Gasteiger partial charge in [-0.05, 0) is 0 Å². The van der Waals surface area contributed by atoms with Crippen molar-refractivity contribution >= 4 is 0 Å². The highest BCUT2D eigenvalue weighted by atomic mass is 16.8. The molecule has 3 saturated heterocycles. The van der Waals surface area contributed by atoms with Gasteiger partial charge in [0.1, 0.15) is 73.2 Å². The van der Waals surface area contributed by atoms with Crippen LogP contribution >= 0.6 is 0 Å². The summed E-state index contributed by atoms with van der Waals surface area (Å²) >= 11 is 0. The van der Waals surface area contributed by atoms with Crippen molar-refractivity contribution in [3.05, 3.63) is 0 Å². The van der Waals surface area contributed by atoms with Gasteiger partial charge in [-0.3, -0.25) is 0 Å². The summed E-state index contributed by atoms with van der Waals surface area (Å²) in [6.45, 7) is -2.63. The third kappa shape index (κ3) is 4.59. The molecule has 3 aliphatic rings. The fourth-order valence-electron chi connectivity index (χ4n) is 4.34. The number of hydrogen-bond donors (Lipinski definition) is 12. The highest BCUT2D eigenvalue weighted by Crippen LogP contribution is 2.40. The Morgan fingerprint density at radius 3 is 1.56 bits per heavy atom. The lowest BCUT2D eigenvalue weighted by molar-refractivity contribution is -0.421. The van der Waals surface area contributed by atoms with Crippen LogP contribution in [0.5, 0.6) is 0 Å². The van der Waals surface area contributed by atoms with Crippen LogP contribution in [0.25, 0.3) is 0 Å². The van der Waals surface area contributed by atoms with E-state index in [0.717, 1.165) is 0 Å². The molecule has 0 bridgehead atoms. The van der Waals surface area contributed by atoms with E-state index in [9.17, 15) is 61.3 Å². The topological polar surface area (TPSA) is 280 Å². The van der Waals surface area contributed by atoms with Crippen LogP contribution in [-0.2, 0) is 18.9 Å². The van der Waals surface area contributed by atoms with E-state index >= 15 is 0 Å². The summed E-state index contributed by atoms with van der Waals surface area (Å²) in [5.41, 5.74) is -3.00. The van der Waals surface area contributed by atoms with Gasteiger partial charge in [0.05, 0.1) is 19.8 Å². The highest BCUT2D eigenvalue weighted by molar-refractivity contribution is 5.11. The minimum absolute atomic E-state index is 0.825. The molecule has 0 radical (unpaired) electrons. The Labute approximate surface area is 192 Å². The Bertz CT molecular complexity index is 666. The van der Waals surface area contributed by atoms with Crippen LogP contribution in [0.4, 0.5) is 0 Å². The van der Waals surface area contributed by atoms with Gasteiger partial charge in [0.25, 0.3) is 0 Å². The minimum atomic E-state index is -3.00. The second-order valence-corrected chi connectivity index (χ2v) is 8.59. The molecule has 16 heteroatoms. The summed E-state index contributed by atoms with van der Waals surface area (Å²) in [5, 5.41) is 122. The van der Waals surface area contributed by atoms with Gasteiger partial charge in [-0.25, -0.2) is 0 Å². The van der Waals surface area contributed by atoms with Gasteiger partial charge >= 0.3 is 0 Å². The monoisotopic (exact) mass is 504 g/mol. The first-order valence-electron chi connectivity index (χ1n) is 10.5. The molecule has 0 saturated carbocycles. The quantitative estimate of drug-likeness (QED) is 0.160. The van der Waals surface area contributed by atoms with Gasteiger partial charge in [0.15, 0.2) is 18.2 Å². The summed E-state index contributed by atoms with van der Waals surface area (Å²) in [6, 6.07) is 0. The first kappa shape index (κ1) is 27.9. The van der Waals surface area contributed by atoms with Crippen molar-refractivity contribution in [2.24, 2.45) is 0 Å². The van der Waals surface area contributed by atoms with Crippen LogP contribution in [0, 0.1) is 0 Å². The van der Waals surface area contributed by atoms with E-state index < -0.39 is 111 Å². The van der Waals surface area contributed by atoms with Gasteiger partial charge in [-0.1, -0.05) is 0 Å². The van der Waals surface area contributed by atoms with Gasteiger partial charge in [-0.15, -0.1) is 0 Å². The van der Waals surface area contributed by atoms with E-state index in [0.29, 0.717) is 0 Å². The molecule has 34 heavy (non-hydrogen) atoms. The lowest BCUT2D eigenvalue weighted by Gasteiger charge is -2.55. The lowest BCUT2D eigenvalue weighted by atomic mass is 9.76. The zero-order chi connectivity index (χ0) is 25.5. The molecular formula is C18H32O16. The van der Waals surface area contributed by atoms with E-state index in [2.05, 4.69) is 0 Å². The lowest BCUT2D eigenvalue weighted by Crippen LogP contribution is -2.77. The first-order chi connectivity index (χ1) is 15.9. The van der Waals surface area contributed by atoms with Crippen molar-refractivity contribution in [3.8, 4) is 0 Å². The second-order valence-electron chi connectivity index (χ2n) is 8.59. The average molecular weight is 504 g/mol. The SMILES string of the molecule is OC[C@H]1O[C@H](O[C@@H]2O[C@H](CO)[C@@H](O)[C@H](O)[C@@H]2O)[C@](O)([C@@H]2O[C@H](CO)[C@@H](O)[C@H](O)[C@@H]2O)[C@@H](O)[C@@H]1O. The molecule has 0 aromatic heterocycles. The van der Waals surface area contributed by atoms with E-state index in [-0.39, 0.29) is 0 Å². The molecule has 3 rings (SSSR count). The number of hydrogen-bond acceptors (Lipinski definition) is 16. The van der Waals surface area contributed by atoms with Crippen LogP contribution in [0.2, 0.25) is 0 Å².